The topological polar surface area (TPSA) is 68.0 Å². The van der Waals surface area contributed by atoms with Gasteiger partial charge in [0.1, 0.15) is 0 Å². The van der Waals surface area contributed by atoms with Crippen LogP contribution in [0.5, 0.6) is 0 Å². The number of hydrogen-bond acceptors (Lipinski definition) is 3. The quantitative estimate of drug-likeness (QED) is 0.761. The van der Waals surface area contributed by atoms with Gasteiger partial charge in [-0.15, -0.1) is 0 Å². The average molecular weight is 253 g/mol. The van der Waals surface area contributed by atoms with Gasteiger partial charge in [0.15, 0.2) is 5.65 Å². The van der Waals surface area contributed by atoms with Crippen LogP contribution >= 0.6 is 0 Å². The van der Waals surface area contributed by atoms with Crippen LogP contribution in [0.4, 0.5) is 0 Å². The second-order valence-corrected chi connectivity index (χ2v) is 4.23. The smallest absolute Gasteiger partial charge is 0.335 e. The number of rotatable bonds is 2. The predicted molar refractivity (Wildman–Crippen MR) is 70.6 cm³/mol. The molecule has 0 aliphatic heterocycles. The molecule has 1 N–H and O–H groups in total. The zero-order chi connectivity index (χ0) is 13.4. The maximum Gasteiger partial charge on any atom is 0.335 e. The van der Waals surface area contributed by atoms with Crippen LogP contribution in [-0.2, 0) is 0 Å². The van der Waals surface area contributed by atoms with E-state index in [-0.39, 0.29) is 5.56 Å². The van der Waals surface area contributed by atoms with Crippen molar-refractivity contribution in [2.24, 2.45) is 0 Å². The van der Waals surface area contributed by atoms with Gasteiger partial charge in [-0.2, -0.15) is 5.10 Å². The number of nitrogens with zero attached hydrogens (tertiary/aromatic N) is 3. The number of hydrogen-bond donors (Lipinski definition) is 1. The molecule has 0 spiro atoms. The molecule has 0 saturated carbocycles. The van der Waals surface area contributed by atoms with Crippen LogP contribution < -0.4 is 0 Å². The van der Waals surface area contributed by atoms with Gasteiger partial charge >= 0.3 is 5.97 Å². The Hall–Kier alpha value is -2.69. The molecule has 94 valence electrons. The van der Waals surface area contributed by atoms with E-state index in [0.29, 0.717) is 5.69 Å². The summed E-state index contributed by atoms with van der Waals surface area (Å²) in [6.45, 7) is 1.90. The molecule has 0 aliphatic carbocycles. The molecule has 0 fully saturated rings. The number of pyridine rings is 1. The Balaban J connectivity index is 2.25. The van der Waals surface area contributed by atoms with Crippen molar-refractivity contribution < 1.29 is 9.90 Å². The molecule has 19 heavy (non-hydrogen) atoms. The molecule has 2 aromatic heterocycles. The van der Waals surface area contributed by atoms with E-state index in [1.54, 1.807) is 29.1 Å². The molecular formula is C14H11N3O2. The third-order valence-corrected chi connectivity index (χ3v) is 2.96. The minimum atomic E-state index is -0.956. The van der Waals surface area contributed by atoms with E-state index in [1.807, 2.05) is 25.1 Å². The van der Waals surface area contributed by atoms with E-state index < -0.39 is 5.97 Å². The Morgan fingerprint density at radius 3 is 2.89 bits per heavy atom. The predicted octanol–water partition coefficient (Wildman–Crippen LogP) is 2.43. The van der Waals surface area contributed by atoms with Crippen molar-refractivity contribution in [2.45, 2.75) is 6.92 Å². The number of carboxylic acid groups (broad SMARTS) is 1. The molecule has 0 aliphatic rings. The fraction of sp³-hybridized carbons (Fsp3) is 0.0714. The van der Waals surface area contributed by atoms with E-state index in [2.05, 4.69) is 10.1 Å². The van der Waals surface area contributed by atoms with Crippen molar-refractivity contribution in [1.82, 2.24) is 14.8 Å². The summed E-state index contributed by atoms with van der Waals surface area (Å²) in [4.78, 5) is 15.3. The maximum atomic E-state index is 11.0. The molecular weight excluding hydrogens is 242 g/mol. The van der Waals surface area contributed by atoms with Crippen LogP contribution in [0.1, 0.15) is 16.1 Å². The number of aromatic carboxylic acids is 1. The van der Waals surface area contributed by atoms with Crippen LogP contribution in [-0.4, -0.2) is 25.8 Å². The summed E-state index contributed by atoms with van der Waals surface area (Å²) in [6.07, 6.45) is 1.70. The molecule has 5 nitrogen and oxygen atoms in total. The Morgan fingerprint density at radius 2 is 2.11 bits per heavy atom. The highest BCUT2D eigenvalue weighted by atomic mass is 16.4. The molecule has 0 unspecified atom stereocenters. The van der Waals surface area contributed by atoms with Crippen LogP contribution in [0.25, 0.3) is 16.7 Å². The summed E-state index contributed by atoms with van der Waals surface area (Å²) < 4.78 is 1.66. The van der Waals surface area contributed by atoms with Gasteiger partial charge in [-0.1, -0.05) is 6.07 Å². The number of fused-ring (bicyclic) bond motifs is 1. The number of benzene rings is 1. The van der Waals surface area contributed by atoms with E-state index in [0.717, 1.165) is 16.7 Å². The molecule has 1 aromatic carbocycles. The van der Waals surface area contributed by atoms with Gasteiger partial charge in [-0.05, 0) is 37.3 Å². The highest BCUT2D eigenvalue weighted by Crippen LogP contribution is 2.20. The minimum Gasteiger partial charge on any atom is -0.478 e. The summed E-state index contributed by atoms with van der Waals surface area (Å²) in [5, 5.41) is 14.4. The lowest BCUT2D eigenvalue weighted by Gasteiger charge is -2.03. The first-order valence-corrected chi connectivity index (χ1v) is 5.81. The van der Waals surface area contributed by atoms with Gasteiger partial charge in [0.25, 0.3) is 0 Å². The van der Waals surface area contributed by atoms with Crippen LogP contribution in [0.2, 0.25) is 0 Å². The number of carbonyl (C=O) groups is 1. The molecule has 5 heteroatoms. The minimum absolute atomic E-state index is 0.231. The van der Waals surface area contributed by atoms with E-state index in [1.165, 1.54) is 0 Å². The zero-order valence-electron chi connectivity index (χ0n) is 10.2. The summed E-state index contributed by atoms with van der Waals surface area (Å²) in [5.41, 5.74) is 2.51. The van der Waals surface area contributed by atoms with Crippen molar-refractivity contribution in [1.29, 1.82) is 0 Å². The van der Waals surface area contributed by atoms with Crippen molar-refractivity contribution in [3.05, 3.63) is 53.9 Å². The number of carboxylic acids is 1. The van der Waals surface area contributed by atoms with E-state index >= 15 is 0 Å². The van der Waals surface area contributed by atoms with Gasteiger partial charge in [-0.25, -0.2) is 14.5 Å². The van der Waals surface area contributed by atoms with E-state index in [4.69, 9.17) is 5.11 Å². The first-order chi connectivity index (χ1) is 9.16. The van der Waals surface area contributed by atoms with Crippen LogP contribution in [0.3, 0.4) is 0 Å². The molecule has 2 heterocycles. The van der Waals surface area contributed by atoms with Crippen molar-refractivity contribution in [3.8, 4) is 5.69 Å². The maximum absolute atomic E-state index is 11.0. The van der Waals surface area contributed by atoms with Gasteiger partial charge in [0, 0.05) is 11.6 Å². The summed E-state index contributed by atoms with van der Waals surface area (Å²) >= 11 is 0. The largest absolute Gasteiger partial charge is 0.478 e. The highest BCUT2D eigenvalue weighted by molar-refractivity contribution is 5.88. The van der Waals surface area contributed by atoms with E-state index in [9.17, 15) is 4.79 Å². The van der Waals surface area contributed by atoms with Crippen molar-refractivity contribution in [3.63, 3.8) is 0 Å². The Bertz CT molecular complexity index is 777. The second kappa shape index (κ2) is 4.20. The lowest BCUT2D eigenvalue weighted by Crippen LogP contribution is -2.01. The molecule has 0 saturated heterocycles. The Labute approximate surface area is 109 Å². The Morgan fingerprint density at radius 1 is 1.26 bits per heavy atom. The molecule has 0 atom stereocenters. The highest BCUT2D eigenvalue weighted by Gasteiger charge is 2.11. The zero-order valence-corrected chi connectivity index (χ0v) is 10.2. The average Bonchev–Trinajstić information content (AvgIpc) is 2.77. The lowest BCUT2D eigenvalue weighted by molar-refractivity contribution is 0.0697. The lowest BCUT2D eigenvalue weighted by atomic mass is 10.2. The number of aryl methyl sites for hydroxylation is 1. The third kappa shape index (κ3) is 1.85. The first kappa shape index (κ1) is 11.4. The van der Waals surface area contributed by atoms with Gasteiger partial charge < -0.3 is 5.11 Å². The van der Waals surface area contributed by atoms with Crippen LogP contribution in [0.15, 0.2) is 42.6 Å². The SMILES string of the molecule is Cc1nn(-c2cccc(C(=O)O)c2)c2ncccc12. The third-order valence-electron chi connectivity index (χ3n) is 2.96. The summed E-state index contributed by atoms with van der Waals surface area (Å²) in [6, 6.07) is 10.5. The molecule has 0 amide bonds. The normalized spacial score (nSPS) is 10.8. The fourth-order valence-corrected chi connectivity index (χ4v) is 2.05. The van der Waals surface area contributed by atoms with Gasteiger partial charge in [0.2, 0.25) is 0 Å². The molecule has 3 aromatic rings. The summed E-state index contributed by atoms with van der Waals surface area (Å²) in [5.74, 6) is -0.956. The fourth-order valence-electron chi connectivity index (χ4n) is 2.05. The second-order valence-electron chi connectivity index (χ2n) is 4.23. The molecule has 0 bridgehead atoms. The number of aromatic nitrogens is 3. The summed E-state index contributed by atoms with van der Waals surface area (Å²) in [7, 11) is 0. The Kier molecular flexibility index (Phi) is 2.52. The van der Waals surface area contributed by atoms with Crippen molar-refractivity contribution >= 4 is 17.0 Å². The molecule has 3 rings (SSSR count). The molecule has 0 radical (unpaired) electrons. The first-order valence-electron chi connectivity index (χ1n) is 5.81. The van der Waals surface area contributed by atoms with Crippen LogP contribution in [0, 0.1) is 6.92 Å². The standard InChI is InChI=1S/C14H11N3O2/c1-9-12-6-3-7-15-13(12)17(16-9)11-5-2-4-10(8-11)14(18)19/h2-8H,1H3,(H,18,19). The van der Waals surface area contributed by atoms with Crippen molar-refractivity contribution in [2.75, 3.05) is 0 Å². The van der Waals surface area contributed by atoms with Gasteiger partial charge in [-0.3, -0.25) is 0 Å². The van der Waals surface area contributed by atoms with Gasteiger partial charge in [0.05, 0.1) is 16.9 Å². The monoisotopic (exact) mass is 253 g/mol.